The number of carbonyl (C=O) groups excluding carboxylic acids is 1. The van der Waals surface area contributed by atoms with Crippen molar-refractivity contribution in [3.05, 3.63) is 82.7 Å². The van der Waals surface area contributed by atoms with Crippen LogP contribution in [-0.2, 0) is 0 Å². The van der Waals surface area contributed by atoms with E-state index in [1.807, 2.05) is 36.4 Å². The Morgan fingerprint density at radius 1 is 0.763 bits per heavy atom. The number of nitrogens with one attached hydrogen (secondary N) is 3. The van der Waals surface area contributed by atoms with Crippen LogP contribution in [0.25, 0.3) is 33.1 Å². The first kappa shape index (κ1) is 26.7. The highest BCUT2D eigenvalue weighted by Gasteiger charge is 2.19. The van der Waals surface area contributed by atoms with E-state index < -0.39 is 0 Å². The summed E-state index contributed by atoms with van der Waals surface area (Å²) >= 11 is 0. The van der Waals surface area contributed by atoms with E-state index in [0.717, 1.165) is 30.4 Å². The minimum atomic E-state index is -0.177. The van der Waals surface area contributed by atoms with E-state index >= 15 is 0 Å². The van der Waals surface area contributed by atoms with Gasteiger partial charge in [-0.25, -0.2) is 14.7 Å². The number of amides is 1. The fourth-order valence-electron chi connectivity index (χ4n) is 4.07. The van der Waals surface area contributed by atoms with Crippen molar-refractivity contribution in [2.75, 3.05) is 31.5 Å². The zero-order valence-corrected chi connectivity index (χ0v) is 21.3. The van der Waals surface area contributed by atoms with Gasteiger partial charge in [0.15, 0.2) is 5.52 Å². The number of nitrogens with zero attached hydrogens (tertiary/aromatic N) is 5. The number of hydrogen-bond donors (Lipinski definition) is 3. The zero-order chi connectivity index (χ0) is 25.6. The first-order valence-corrected chi connectivity index (χ1v) is 12.1. The molecule has 0 fully saturated rings. The summed E-state index contributed by atoms with van der Waals surface area (Å²) in [7, 11) is 0. The Bertz CT molecular complexity index is 1580. The maximum Gasteiger partial charge on any atom is 0.460 e. The fourth-order valence-corrected chi connectivity index (χ4v) is 4.07. The minimum absolute atomic E-state index is 0. The second-order valence-electron chi connectivity index (χ2n) is 8.51. The first-order chi connectivity index (χ1) is 18.1. The number of hydrogen-bond acceptors (Lipinski definition) is 8. The zero-order valence-electron chi connectivity index (χ0n) is 20.5. The largest absolute Gasteiger partial charge is 0.739 e. The Morgan fingerprint density at radius 2 is 1.42 bits per heavy atom. The van der Waals surface area contributed by atoms with Crippen molar-refractivity contribution in [1.82, 2.24) is 25.7 Å². The van der Waals surface area contributed by atoms with Crippen molar-refractivity contribution in [2.45, 2.75) is 12.8 Å². The van der Waals surface area contributed by atoms with E-state index in [1.54, 1.807) is 30.3 Å². The monoisotopic (exact) mass is 534 g/mol. The fraction of sp³-hybridized carbons (Fsp3) is 0.231. The van der Waals surface area contributed by atoms with E-state index in [-0.39, 0.29) is 35.3 Å². The molecule has 38 heavy (non-hydrogen) atoms. The van der Waals surface area contributed by atoms with Crippen LogP contribution in [0.4, 0.5) is 5.95 Å². The number of benzene rings is 3. The third kappa shape index (κ3) is 5.79. The first-order valence-electron chi connectivity index (χ1n) is 12.1. The summed E-state index contributed by atoms with van der Waals surface area (Å²) in [6.07, 6.45) is 1.48. The number of para-hydroxylation sites is 5. The van der Waals surface area contributed by atoms with Gasteiger partial charge in [0.1, 0.15) is 5.52 Å². The summed E-state index contributed by atoms with van der Waals surface area (Å²) in [6.45, 7) is 2.42. The molecule has 196 valence electrons. The lowest BCUT2D eigenvalue weighted by Crippen LogP contribution is -2.44. The van der Waals surface area contributed by atoms with E-state index in [1.165, 1.54) is 0 Å². The van der Waals surface area contributed by atoms with Gasteiger partial charge in [-0.1, -0.05) is 30.3 Å². The van der Waals surface area contributed by atoms with Crippen LogP contribution in [-0.4, -0.2) is 47.2 Å². The number of carbonyl (C=O) groups is 1. The Kier molecular flexibility index (Phi) is 8.62. The van der Waals surface area contributed by atoms with Crippen LogP contribution in [0.3, 0.4) is 0 Å². The summed E-state index contributed by atoms with van der Waals surface area (Å²) in [5.41, 5.74) is 3.82. The second kappa shape index (κ2) is 12.3. The van der Waals surface area contributed by atoms with Crippen LogP contribution in [0, 0.1) is 10.4 Å². The number of aromatic nitrogens is 5. The highest BCUT2D eigenvalue weighted by molar-refractivity contribution is 6.06. The highest BCUT2D eigenvalue weighted by Crippen LogP contribution is 2.19. The third-order valence-electron chi connectivity index (χ3n) is 5.93. The molecule has 5 aromatic rings. The second-order valence-corrected chi connectivity index (χ2v) is 8.51. The topological polar surface area (TPSA) is 146 Å². The molecule has 0 unspecified atom stereocenters. The van der Waals surface area contributed by atoms with Gasteiger partial charge in [0.05, 0.1) is 28.7 Å². The number of fused-ring (bicyclic) bond motifs is 3. The quantitative estimate of drug-likeness (QED) is 0.107. The molecular formula is C26H27ClN8O3. The molecule has 0 bridgehead atoms. The molecule has 3 N–H and O–H groups in total. The van der Waals surface area contributed by atoms with E-state index in [0.29, 0.717) is 45.8 Å². The Morgan fingerprint density at radius 3 is 2.21 bits per heavy atom. The molecule has 0 spiro atoms. The molecule has 0 aliphatic heterocycles. The lowest BCUT2D eigenvalue weighted by Gasteiger charge is -2.10. The van der Waals surface area contributed by atoms with Gasteiger partial charge >= 0.3 is 5.95 Å². The highest BCUT2D eigenvalue weighted by atomic mass is 35.5. The van der Waals surface area contributed by atoms with Crippen molar-refractivity contribution in [3.8, 4) is 0 Å². The third-order valence-corrected chi connectivity index (χ3v) is 5.93. The van der Waals surface area contributed by atoms with Gasteiger partial charge in [-0.05, 0) is 56.3 Å². The smallest absolute Gasteiger partial charge is 0.460 e. The molecule has 12 heteroatoms. The van der Waals surface area contributed by atoms with Crippen LogP contribution in [0.15, 0.2) is 66.7 Å². The molecule has 0 atom stereocenters. The molecule has 0 radical (unpaired) electrons. The maximum atomic E-state index is 12.8. The molecule has 5 rings (SSSR count). The van der Waals surface area contributed by atoms with Gasteiger partial charge in [-0.3, -0.25) is 10.1 Å². The van der Waals surface area contributed by atoms with Crippen LogP contribution in [0.2, 0.25) is 0 Å². The molecule has 0 aliphatic carbocycles. The molecular weight excluding hydrogens is 508 g/mol. The summed E-state index contributed by atoms with van der Waals surface area (Å²) in [5.74, 6) is -0.202. The van der Waals surface area contributed by atoms with E-state index in [9.17, 15) is 15.2 Å². The van der Waals surface area contributed by atoms with Crippen LogP contribution in [0.5, 0.6) is 0 Å². The number of rotatable bonds is 10. The van der Waals surface area contributed by atoms with Gasteiger partial charge in [0.2, 0.25) is 5.10 Å². The minimum Gasteiger partial charge on any atom is -0.739 e. The molecule has 1 amide bonds. The predicted octanol–water partition coefficient (Wildman–Crippen LogP) is 2.23. The van der Waals surface area contributed by atoms with Crippen molar-refractivity contribution in [2.24, 2.45) is 0 Å². The molecule has 0 aliphatic rings. The number of halogens is 1. The maximum absolute atomic E-state index is 12.8. The normalized spacial score (nSPS) is 10.9. The lowest BCUT2D eigenvalue weighted by molar-refractivity contribution is -0.672. The molecule has 11 nitrogen and oxygen atoms in total. The summed E-state index contributed by atoms with van der Waals surface area (Å²) in [5, 5.41) is 37.3. The SMILES string of the molecule is Cl.O=C(NCCCNCCCNc1n[n+]([O-])c2ccccc2[n+]1[O-])c1cccc2nc3ccccc3nc12. The van der Waals surface area contributed by atoms with Crippen molar-refractivity contribution in [1.29, 1.82) is 0 Å². The van der Waals surface area contributed by atoms with E-state index in [4.69, 9.17) is 0 Å². The van der Waals surface area contributed by atoms with Gasteiger partial charge in [0.25, 0.3) is 11.4 Å². The Labute approximate surface area is 224 Å². The van der Waals surface area contributed by atoms with Crippen molar-refractivity contribution in [3.63, 3.8) is 0 Å². The van der Waals surface area contributed by atoms with E-state index in [2.05, 4.69) is 31.0 Å². The van der Waals surface area contributed by atoms with Crippen LogP contribution in [0.1, 0.15) is 23.2 Å². The molecule has 0 saturated heterocycles. The van der Waals surface area contributed by atoms with Crippen LogP contribution < -0.4 is 25.5 Å². The Balaban J connectivity index is 0.00000336. The summed E-state index contributed by atoms with van der Waals surface area (Å²) < 4.78 is 0.629. The molecule has 3 aromatic carbocycles. The Hall–Kier alpha value is -4.35. The average molecular weight is 535 g/mol. The molecule has 0 saturated carbocycles. The lowest BCUT2D eigenvalue weighted by atomic mass is 10.1. The van der Waals surface area contributed by atoms with Gasteiger partial charge < -0.3 is 21.0 Å². The van der Waals surface area contributed by atoms with Crippen LogP contribution >= 0.6 is 12.4 Å². The predicted molar refractivity (Wildman–Crippen MR) is 147 cm³/mol. The summed E-state index contributed by atoms with van der Waals surface area (Å²) in [4.78, 5) is 22.5. The van der Waals surface area contributed by atoms with Crippen molar-refractivity contribution < 1.29 is 14.4 Å². The molecule has 2 heterocycles. The van der Waals surface area contributed by atoms with Gasteiger partial charge in [-0.15, -0.1) is 12.4 Å². The number of anilines is 1. The van der Waals surface area contributed by atoms with Gasteiger partial charge in [0, 0.05) is 17.5 Å². The average Bonchev–Trinajstić information content (AvgIpc) is 2.93. The standard InChI is InChI=1S/C26H26N8O3.ClH/c35-25(18-8-5-11-21-24(18)31-20-10-2-1-9-19(20)30-21)28-16-6-14-27-15-7-17-29-26-32-34(37)23-13-4-3-12-22(23)33(26)36;/h1-5,8-13,27H,6-7,14-17H2,(H,28,35)(H,29,32);1H. The molecule has 2 aromatic heterocycles. The summed E-state index contributed by atoms with van der Waals surface area (Å²) in [6, 6.07) is 19.5. The van der Waals surface area contributed by atoms with Gasteiger partial charge in [-0.2, -0.15) is 0 Å². The van der Waals surface area contributed by atoms with Crippen molar-refractivity contribution >= 4 is 57.4 Å².